The van der Waals surface area contributed by atoms with Gasteiger partial charge in [-0.2, -0.15) is 0 Å². The fraction of sp³-hybridized carbons (Fsp3) is 0.250. The van der Waals surface area contributed by atoms with Crippen LogP contribution in [-0.4, -0.2) is 33.5 Å². The van der Waals surface area contributed by atoms with Crippen molar-refractivity contribution in [3.05, 3.63) is 60.2 Å². The van der Waals surface area contributed by atoms with Crippen LogP contribution < -0.4 is 10.2 Å². The third-order valence-electron chi connectivity index (χ3n) is 5.52. The molecule has 7 heteroatoms. The van der Waals surface area contributed by atoms with Crippen molar-refractivity contribution in [1.82, 2.24) is 5.32 Å². The highest BCUT2D eigenvalue weighted by molar-refractivity contribution is 6.24. The fourth-order valence-electron chi connectivity index (χ4n) is 4.18. The van der Waals surface area contributed by atoms with Crippen LogP contribution in [0.3, 0.4) is 0 Å². The molecule has 0 unspecified atom stereocenters. The quantitative estimate of drug-likeness (QED) is 0.714. The van der Waals surface area contributed by atoms with E-state index in [-0.39, 0.29) is 5.75 Å². The second-order valence-corrected chi connectivity index (χ2v) is 7.04. The maximum atomic E-state index is 13.2. The van der Waals surface area contributed by atoms with Crippen molar-refractivity contribution in [2.45, 2.75) is 18.5 Å². The van der Waals surface area contributed by atoms with Gasteiger partial charge in [-0.3, -0.25) is 19.7 Å². The standard InChI is InChI=1S/C20H18N2O5/c1-20(19(26)27)15-14(16(21-20)12-9-5-6-10-13(12)23)17(24)22(18(15)25)11-7-3-2-4-8-11/h2-10,14-16,21,23H,1H3,(H,26,27)/t14-,15+,16-,20+/m1/s1. The number of nitrogens with one attached hydrogen (secondary N) is 1. The van der Waals surface area contributed by atoms with Gasteiger partial charge >= 0.3 is 5.97 Å². The minimum atomic E-state index is -1.63. The van der Waals surface area contributed by atoms with E-state index < -0.39 is 41.2 Å². The lowest BCUT2D eigenvalue weighted by atomic mass is 9.80. The van der Waals surface area contributed by atoms with Crippen LogP contribution in [0.25, 0.3) is 0 Å². The number of para-hydroxylation sites is 2. The molecule has 2 amide bonds. The summed E-state index contributed by atoms with van der Waals surface area (Å²) in [7, 11) is 0. The Morgan fingerprint density at radius 2 is 1.67 bits per heavy atom. The summed E-state index contributed by atoms with van der Waals surface area (Å²) in [4.78, 5) is 39.4. The van der Waals surface area contributed by atoms with Gasteiger partial charge in [-0.05, 0) is 25.1 Å². The van der Waals surface area contributed by atoms with E-state index in [0.29, 0.717) is 11.3 Å². The van der Waals surface area contributed by atoms with Crippen molar-refractivity contribution >= 4 is 23.5 Å². The van der Waals surface area contributed by atoms with Crippen molar-refractivity contribution in [3.63, 3.8) is 0 Å². The topological polar surface area (TPSA) is 107 Å². The summed E-state index contributed by atoms with van der Waals surface area (Å²) >= 11 is 0. The first-order valence-electron chi connectivity index (χ1n) is 8.58. The van der Waals surface area contributed by atoms with Gasteiger partial charge in [0.05, 0.1) is 17.5 Å². The monoisotopic (exact) mass is 366 g/mol. The van der Waals surface area contributed by atoms with Crippen molar-refractivity contribution in [2.24, 2.45) is 11.8 Å². The number of fused-ring (bicyclic) bond motifs is 1. The first-order valence-corrected chi connectivity index (χ1v) is 8.58. The fourth-order valence-corrected chi connectivity index (χ4v) is 4.18. The molecule has 0 aromatic heterocycles. The molecule has 2 aromatic carbocycles. The van der Waals surface area contributed by atoms with E-state index in [2.05, 4.69) is 5.32 Å². The zero-order chi connectivity index (χ0) is 19.3. The molecule has 138 valence electrons. The third-order valence-corrected chi connectivity index (χ3v) is 5.52. The summed E-state index contributed by atoms with van der Waals surface area (Å²) in [5, 5.41) is 23.0. The van der Waals surface area contributed by atoms with Gasteiger partial charge in [0.25, 0.3) is 0 Å². The molecular weight excluding hydrogens is 348 g/mol. The molecule has 2 saturated heterocycles. The van der Waals surface area contributed by atoms with E-state index >= 15 is 0 Å². The number of hydrogen-bond acceptors (Lipinski definition) is 5. The maximum absolute atomic E-state index is 13.2. The summed E-state index contributed by atoms with van der Waals surface area (Å²) < 4.78 is 0. The molecule has 2 aliphatic rings. The van der Waals surface area contributed by atoms with E-state index in [4.69, 9.17) is 0 Å². The first kappa shape index (κ1) is 17.2. The van der Waals surface area contributed by atoms with Gasteiger partial charge in [0.15, 0.2) is 0 Å². The minimum absolute atomic E-state index is 0.0539. The third kappa shape index (κ3) is 2.35. The zero-order valence-electron chi connectivity index (χ0n) is 14.5. The van der Waals surface area contributed by atoms with Gasteiger partial charge in [-0.1, -0.05) is 36.4 Å². The van der Waals surface area contributed by atoms with Gasteiger partial charge < -0.3 is 10.2 Å². The lowest BCUT2D eigenvalue weighted by Gasteiger charge is -2.27. The number of carbonyl (C=O) groups excluding carboxylic acids is 2. The predicted octanol–water partition coefficient (Wildman–Crippen LogP) is 1.69. The van der Waals surface area contributed by atoms with Crippen molar-refractivity contribution < 1.29 is 24.6 Å². The molecule has 2 aliphatic heterocycles. The Hall–Kier alpha value is -3.19. The molecule has 2 aromatic rings. The van der Waals surface area contributed by atoms with E-state index in [0.717, 1.165) is 4.90 Å². The molecule has 0 saturated carbocycles. The number of phenols is 1. The number of hydrogen-bond donors (Lipinski definition) is 3. The molecule has 4 rings (SSSR count). The second-order valence-electron chi connectivity index (χ2n) is 7.04. The van der Waals surface area contributed by atoms with Crippen LogP contribution in [0.15, 0.2) is 54.6 Å². The van der Waals surface area contributed by atoms with E-state index in [9.17, 15) is 24.6 Å². The van der Waals surface area contributed by atoms with Crippen LogP contribution in [0.2, 0.25) is 0 Å². The van der Waals surface area contributed by atoms with Gasteiger partial charge in [0.1, 0.15) is 11.3 Å². The van der Waals surface area contributed by atoms with E-state index in [1.807, 2.05) is 0 Å². The summed E-state index contributed by atoms with van der Waals surface area (Å²) in [5.74, 6) is -4.29. The maximum Gasteiger partial charge on any atom is 0.324 e. The molecule has 3 N–H and O–H groups in total. The Balaban J connectivity index is 1.85. The number of aromatic hydroxyl groups is 1. The number of anilines is 1. The number of phenolic OH excluding ortho intramolecular Hbond substituents is 1. The number of rotatable bonds is 3. The second kappa shape index (κ2) is 5.92. The van der Waals surface area contributed by atoms with Crippen molar-refractivity contribution in [1.29, 1.82) is 0 Å². The Morgan fingerprint density at radius 3 is 2.30 bits per heavy atom. The molecule has 0 aliphatic carbocycles. The molecule has 0 spiro atoms. The minimum Gasteiger partial charge on any atom is -0.508 e. The average Bonchev–Trinajstić information content (AvgIpc) is 3.11. The van der Waals surface area contributed by atoms with Gasteiger partial charge in [0, 0.05) is 11.6 Å². The van der Waals surface area contributed by atoms with Crippen molar-refractivity contribution in [2.75, 3.05) is 4.90 Å². The Kier molecular flexibility index (Phi) is 3.78. The summed E-state index contributed by atoms with van der Waals surface area (Å²) in [6.07, 6.45) is 0. The van der Waals surface area contributed by atoms with Crippen LogP contribution >= 0.6 is 0 Å². The number of aliphatic carboxylic acids is 1. The highest BCUT2D eigenvalue weighted by Crippen LogP contribution is 2.50. The Bertz CT molecular complexity index is 944. The Labute approximate surface area is 155 Å². The molecule has 4 atom stereocenters. The van der Waals surface area contributed by atoms with Gasteiger partial charge in [-0.25, -0.2) is 4.90 Å². The predicted molar refractivity (Wildman–Crippen MR) is 95.9 cm³/mol. The number of carboxylic acid groups (broad SMARTS) is 1. The van der Waals surface area contributed by atoms with Gasteiger partial charge in [-0.15, -0.1) is 0 Å². The van der Waals surface area contributed by atoms with E-state index in [1.54, 1.807) is 48.5 Å². The highest BCUT2D eigenvalue weighted by Gasteiger charge is 2.67. The lowest BCUT2D eigenvalue weighted by Crippen LogP contribution is -2.53. The van der Waals surface area contributed by atoms with Crippen LogP contribution in [0.5, 0.6) is 5.75 Å². The SMILES string of the molecule is C[C@]1(C(=O)O)N[C@H](c2ccccc2O)[C@@H]2C(=O)N(c3ccccc3)C(=O)[C@H]21. The molecule has 27 heavy (non-hydrogen) atoms. The summed E-state index contributed by atoms with van der Waals surface area (Å²) in [5.41, 5.74) is -0.826. The van der Waals surface area contributed by atoms with Gasteiger partial charge in [0.2, 0.25) is 11.8 Å². The number of nitrogens with zero attached hydrogens (tertiary/aromatic N) is 1. The lowest BCUT2D eigenvalue weighted by molar-refractivity contribution is -0.147. The average molecular weight is 366 g/mol. The number of carboxylic acids is 1. The molecule has 2 heterocycles. The normalized spacial score (nSPS) is 29.8. The van der Waals surface area contributed by atoms with E-state index in [1.165, 1.54) is 13.0 Å². The Morgan fingerprint density at radius 1 is 1.04 bits per heavy atom. The summed E-state index contributed by atoms with van der Waals surface area (Å²) in [6, 6.07) is 14.1. The number of benzene rings is 2. The number of imide groups is 1. The van der Waals surface area contributed by atoms with Crippen LogP contribution in [0, 0.1) is 11.8 Å². The molecule has 7 nitrogen and oxygen atoms in total. The van der Waals surface area contributed by atoms with Crippen molar-refractivity contribution in [3.8, 4) is 5.75 Å². The molecule has 0 radical (unpaired) electrons. The van der Waals surface area contributed by atoms with Crippen LogP contribution in [0.1, 0.15) is 18.5 Å². The number of amides is 2. The highest BCUT2D eigenvalue weighted by atomic mass is 16.4. The molecule has 2 fully saturated rings. The smallest absolute Gasteiger partial charge is 0.324 e. The van der Waals surface area contributed by atoms with Crippen LogP contribution in [0.4, 0.5) is 5.69 Å². The first-order chi connectivity index (χ1) is 12.9. The van der Waals surface area contributed by atoms with Crippen LogP contribution in [-0.2, 0) is 14.4 Å². The zero-order valence-corrected chi connectivity index (χ0v) is 14.5. The largest absolute Gasteiger partial charge is 0.508 e. The molecule has 0 bridgehead atoms. The molecular formula is C20H18N2O5. The summed E-state index contributed by atoms with van der Waals surface area (Å²) in [6.45, 7) is 1.41. The number of carbonyl (C=O) groups is 3.